The first-order valence-electron chi connectivity index (χ1n) is 8.48. The molecule has 8 nitrogen and oxygen atoms in total. The van der Waals surface area contributed by atoms with Gasteiger partial charge in [-0.25, -0.2) is 4.52 Å². The number of nitrogens with zero attached hydrogens (tertiary/aromatic N) is 2. The fourth-order valence-corrected chi connectivity index (χ4v) is 3.01. The molecule has 2 heterocycles. The topological polar surface area (TPSA) is 120 Å². The zero-order valence-electron chi connectivity index (χ0n) is 14.6. The molecule has 4 rings (SSSR count). The number of hydrogen-bond acceptors (Lipinski definition) is 6. The molecule has 2 aromatic carbocycles. The van der Waals surface area contributed by atoms with Crippen molar-refractivity contribution in [3.63, 3.8) is 0 Å². The average molecular weight is 376 g/mol. The zero-order chi connectivity index (χ0) is 19.7. The molecule has 0 radical (unpaired) electrons. The molecular formula is C20H16N4O4. The van der Waals surface area contributed by atoms with Gasteiger partial charge in [0.15, 0.2) is 11.3 Å². The largest absolute Gasteiger partial charge is 0.507 e. The van der Waals surface area contributed by atoms with Crippen molar-refractivity contribution in [2.45, 2.75) is 6.54 Å². The molecule has 8 heteroatoms. The second kappa shape index (κ2) is 6.92. The Bertz CT molecular complexity index is 1280. The molecule has 0 saturated heterocycles. The smallest absolute Gasteiger partial charge is 0.279 e. The van der Waals surface area contributed by atoms with Crippen molar-refractivity contribution < 1.29 is 10.2 Å². The molecule has 0 fully saturated rings. The number of phenols is 1. The Morgan fingerprint density at radius 1 is 1.00 bits per heavy atom. The molecule has 0 amide bonds. The number of anilines is 1. The summed E-state index contributed by atoms with van der Waals surface area (Å²) in [4.78, 5) is 26.5. The molecule has 0 spiro atoms. The minimum Gasteiger partial charge on any atom is -0.507 e. The van der Waals surface area contributed by atoms with Gasteiger partial charge in [-0.2, -0.15) is 5.10 Å². The van der Waals surface area contributed by atoms with Crippen molar-refractivity contribution >= 4 is 11.2 Å². The number of rotatable bonds is 4. The van der Waals surface area contributed by atoms with Crippen molar-refractivity contribution in [2.24, 2.45) is 0 Å². The minimum atomic E-state index is -0.725. The summed E-state index contributed by atoms with van der Waals surface area (Å²) >= 11 is 0. The van der Waals surface area contributed by atoms with Gasteiger partial charge in [0.2, 0.25) is 5.43 Å². The lowest BCUT2D eigenvalue weighted by molar-refractivity contribution is 0.470. The number of nitrogens with one attached hydrogen (secondary N) is 2. The Morgan fingerprint density at radius 2 is 1.79 bits per heavy atom. The van der Waals surface area contributed by atoms with E-state index in [0.29, 0.717) is 11.1 Å². The number of pyridine rings is 1. The fourth-order valence-electron chi connectivity index (χ4n) is 3.01. The van der Waals surface area contributed by atoms with Gasteiger partial charge in [0.05, 0.1) is 6.20 Å². The zero-order valence-corrected chi connectivity index (χ0v) is 14.6. The lowest BCUT2D eigenvalue weighted by Gasteiger charge is -2.12. The van der Waals surface area contributed by atoms with Crippen LogP contribution in [0.15, 0.2) is 70.6 Å². The third kappa shape index (κ3) is 2.96. The highest BCUT2D eigenvalue weighted by Crippen LogP contribution is 2.32. The van der Waals surface area contributed by atoms with Gasteiger partial charge < -0.3 is 20.5 Å². The van der Waals surface area contributed by atoms with Crippen LogP contribution >= 0.6 is 0 Å². The van der Waals surface area contributed by atoms with Crippen LogP contribution in [0.2, 0.25) is 0 Å². The van der Waals surface area contributed by atoms with Crippen molar-refractivity contribution in [1.29, 1.82) is 0 Å². The van der Waals surface area contributed by atoms with Gasteiger partial charge in [-0.1, -0.05) is 48.5 Å². The maximum absolute atomic E-state index is 12.4. The third-order valence-electron chi connectivity index (χ3n) is 4.43. The Kier molecular flexibility index (Phi) is 4.29. The van der Waals surface area contributed by atoms with Crippen LogP contribution in [-0.2, 0) is 6.54 Å². The highest BCUT2D eigenvalue weighted by atomic mass is 16.3. The van der Waals surface area contributed by atoms with E-state index in [2.05, 4.69) is 15.4 Å². The molecule has 2 aromatic heterocycles. The van der Waals surface area contributed by atoms with Gasteiger partial charge in [0.25, 0.3) is 5.56 Å². The summed E-state index contributed by atoms with van der Waals surface area (Å²) in [7, 11) is 0. The van der Waals surface area contributed by atoms with Crippen LogP contribution in [0.4, 0.5) is 5.69 Å². The van der Waals surface area contributed by atoms with Gasteiger partial charge >= 0.3 is 0 Å². The lowest BCUT2D eigenvalue weighted by atomic mass is 10.0. The Labute approximate surface area is 158 Å². The van der Waals surface area contributed by atoms with Crippen molar-refractivity contribution in [2.75, 3.05) is 5.32 Å². The molecule has 4 aromatic rings. The third-order valence-corrected chi connectivity index (χ3v) is 4.43. The van der Waals surface area contributed by atoms with E-state index in [9.17, 15) is 19.8 Å². The van der Waals surface area contributed by atoms with Crippen LogP contribution < -0.4 is 16.3 Å². The molecule has 0 aliphatic heterocycles. The normalized spacial score (nSPS) is 10.9. The molecule has 0 atom stereocenters. The van der Waals surface area contributed by atoms with E-state index in [4.69, 9.17) is 0 Å². The number of para-hydroxylation sites is 1. The second-order valence-electron chi connectivity index (χ2n) is 6.16. The van der Waals surface area contributed by atoms with Gasteiger partial charge in [-0.05, 0) is 5.56 Å². The van der Waals surface area contributed by atoms with E-state index < -0.39 is 16.7 Å². The summed E-state index contributed by atoms with van der Waals surface area (Å²) in [6, 6.07) is 14.8. The van der Waals surface area contributed by atoms with E-state index >= 15 is 0 Å². The molecule has 0 aliphatic carbocycles. The first-order valence-corrected chi connectivity index (χ1v) is 8.48. The van der Waals surface area contributed by atoms with E-state index in [1.54, 1.807) is 12.1 Å². The molecule has 0 aliphatic rings. The number of benzene rings is 2. The monoisotopic (exact) mass is 376 g/mol. The van der Waals surface area contributed by atoms with Gasteiger partial charge in [-0.3, -0.25) is 9.59 Å². The standard InChI is InChI=1S/C20H16N4O4/c25-17-13(7-4-8-14(17)12-5-2-1-3-6-12)9-21-15-10-24-16(19(27)18(15)26)20(28)22-11-23-24/h1-8,10-11,21,25,27H,9H2,(H,22,23,28). The quantitative estimate of drug-likeness (QED) is 0.433. The van der Waals surface area contributed by atoms with Crippen molar-refractivity contribution in [3.05, 3.63) is 87.2 Å². The maximum atomic E-state index is 12.4. The predicted molar refractivity (Wildman–Crippen MR) is 105 cm³/mol. The Balaban J connectivity index is 1.68. The molecule has 0 saturated carbocycles. The van der Waals surface area contributed by atoms with Crippen molar-refractivity contribution in [3.8, 4) is 22.6 Å². The number of aromatic hydroxyl groups is 2. The average Bonchev–Trinajstić information content (AvgIpc) is 2.71. The molecule has 0 unspecified atom stereocenters. The van der Waals surface area contributed by atoms with Crippen LogP contribution in [0.5, 0.6) is 11.5 Å². The fraction of sp³-hybridized carbons (Fsp3) is 0.0500. The summed E-state index contributed by atoms with van der Waals surface area (Å²) in [5, 5.41) is 27.5. The summed E-state index contributed by atoms with van der Waals surface area (Å²) < 4.78 is 1.12. The highest BCUT2D eigenvalue weighted by Gasteiger charge is 2.14. The Hall–Kier alpha value is -4.07. The minimum absolute atomic E-state index is 0.0533. The first-order chi connectivity index (χ1) is 13.6. The van der Waals surface area contributed by atoms with Gasteiger partial charge in [0.1, 0.15) is 17.8 Å². The summed E-state index contributed by atoms with van der Waals surface area (Å²) in [5.41, 5.74) is 0.593. The number of H-pyrrole nitrogens is 1. The summed E-state index contributed by atoms with van der Waals surface area (Å²) in [5.74, 6) is -0.595. The number of fused-ring (bicyclic) bond motifs is 1. The number of aromatic nitrogens is 3. The van der Waals surface area contributed by atoms with Crippen LogP contribution in [0.1, 0.15) is 5.56 Å². The lowest BCUT2D eigenvalue weighted by Crippen LogP contribution is -2.19. The first kappa shape index (κ1) is 17.3. The molecule has 28 heavy (non-hydrogen) atoms. The van der Waals surface area contributed by atoms with Gasteiger partial charge in [-0.15, -0.1) is 0 Å². The van der Waals surface area contributed by atoms with Crippen molar-refractivity contribution in [1.82, 2.24) is 14.6 Å². The van der Waals surface area contributed by atoms with E-state index in [-0.39, 0.29) is 23.5 Å². The van der Waals surface area contributed by atoms with E-state index in [1.165, 1.54) is 6.20 Å². The molecular weight excluding hydrogens is 360 g/mol. The molecule has 4 N–H and O–H groups in total. The molecule has 0 bridgehead atoms. The van der Waals surface area contributed by atoms with Crippen LogP contribution in [-0.4, -0.2) is 24.8 Å². The summed E-state index contributed by atoms with van der Waals surface area (Å²) in [6.07, 6.45) is 2.49. The number of aromatic amines is 1. The highest BCUT2D eigenvalue weighted by molar-refractivity contribution is 5.72. The Morgan fingerprint density at radius 3 is 2.57 bits per heavy atom. The van der Waals surface area contributed by atoms with E-state index in [1.807, 2.05) is 36.4 Å². The van der Waals surface area contributed by atoms with Gasteiger partial charge in [0, 0.05) is 17.7 Å². The van der Waals surface area contributed by atoms with Crippen LogP contribution in [0, 0.1) is 0 Å². The second-order valence-corrected chi connectivity index (χ2v) is 6.16. The number of hydrogen-bond donors (Lipinski definition) is 4. The molecule has 140 valence electrons. The maximum Gasteiger partial charge on any atom is 0.279 e. The van der Waals surface area contributed by atoms with Crippen LogP contribution in [0.3, 0.4) is 0 Å². The SMILES string of the molecule is O=c1c(NCc2cccc(-c3ccccc3)c2O)cn2nc[nH]c(=O)c2c1O. The van der Waals surface area contributed by atoms with Crippen LogP contribution in [0.25, 0.3) is 16.6 Å². The van der Waals surface area contributed by atoms with E-state index in [0.717, 1.165) is 16.4 Å². The summed E-state index contributed by atoms with van der Waals surface area (Å²) in [6.45, 7) is 0.135. The number of phenolic OH excluding ortho intramolecular Hbond substituents is 1. The predicted octanol–water partition coefficient (Wildman–Crippen LogP) is 2.07.